The molecule has 0 bridgehead atoms. The van der Waals surface area contributed by atoms with E-state index in [0.717, 1.165) is 39.4 Å². The molecule has 2 heterocycles. The molecule has 0 saturated carbocycles. The van der Waals surface area contributed by atoms with Crippen molar-refractivity contribution in [1.82, 2.24) is 10.2 Å². The number of morpholine rings is 2. The third kappa shape index (κ3) is 17.7. The molecule has 0 radical (unpaired) electrons. The Morgan fingerprint density at radius 1 is 1.00 bits per heavy atom. The van der Waals surface area contributed by atoms with Crippen molar-refractivity contribution in [2.24, 2.45) is 10.3 Å². The molecule has 0 atom stereocenters. The van der Waals surface area contributed by atoms with Gasteiger partial charge >= 0.3 is 0 Å². The van der Waals surface area contributed by atoms with Crippen molar-refractivity contribution in [2.45, 2.75) is 0 Å². The van der Waals surface area contributed by atoms with Crippen molar-refractivity contribution in [3.63, 3.8) is 0 Å². The van der Waals surface area contributed by atoms with Crippen LogP contribution in [0.25, 0.3) is 0 Å². The maximum atomic E-state index is 10.6. The van der Waals surface area contributed by atoms with Crippen molar-refractivity contribution in [3.8, 4) is 0 Å². The average molecular weight is 389 g/mol. The summed E-state index contributed by atoms with van der Waals surface area (Å²) in [7, 11) is -6.70. The maximum absolute atomic E-state index is 10.6. The van der Waals surface area contributed by atoms with E-state index in [1.807, 2.05) is 4.90 Å². The zero-order valence-electron chi connectivity index (χ0n) is 13.7. The molecule has 144 valence electrons. The van der Waals surface area contributed by atoms with E-state index in [4.69, 9.17) is 14.6 Å². The van der Waals surface area contributed by atoms with Crippen LogP contribution in [0.15, 0.2) is 12.0 Å². The summed E-state index contributed by atoms with van der Waals surface area (Å²) in [5.41, 5.74) is 0. The van der Waals surface area contributed by atoms with Gasteiger partial charge in [0, 0.05) is 38.1 Å². The summed E-state index contributed by atoms with van der Waals surface area (Å²) in [5.74, 6) is 0.0347. The third-order valence-electron chi connectivity index (χ3n) is 2.87. The summed E-state index contributed by atoms with van der Waals surface area (Å²) in [5, 5.41) is 13.1. The lowest BCUT2D eigenvalue weighted by Gasteiger charge is -2.25. The standard InChI is InChI=1S/C6H14N2O3S.C4H9NO.C2H5NO2S/c7-12(9,10)6-3-8-1-4-11-5-2-8;1-3-6-4-2-5-1;1-2-6(3,4)5/h1-6H2,(H2,7,9,10);5H,1-4H2;2H,1H2,(H2,3,4,5). The van der Waals surface area contributed by atoms with Crippen LogP contribution in [-0.4, -0.2) is 86.6 Å². The summed E-state index contributed by atoms with van der Waals surface area (Å²) >= 11 is 0. The molecular weight excluding hydrogens is 360 g/mol. The summed E-state index contributed by atoms with van der Waals surface area (Å²) < 4.78 is 50.6. The Kier molecular flexibility index (Phi) is 12.4. The molecule has 12 heteroatoms. The van der Waals surface area contributed by atoms with Gasteiger partial charge in [-0.2, -0.15) is 0 Å². The second kappa shape index (κ2) is 12.7. The number of ether oxygens (including phenoxy) is 2. The first-order valence-electron chi connectivity index (χ1n) is 7.38. The van der Waals surface area contributed by atoms with Gasteiger partial charge in [-0.3, -0.25) is 4.90 Å². The van der Waals surface area contributed by atoms with Crippen LogP contribution in [0.4, 0.5) is 0 Å². The Morgan fingerprint density at radius 3 is 1.75 bits per heavy atom. The summed E-state index contributed by atoms with van der Waals surface area (Å²) in [4.78, 5) is 2.04. The zero-order chi connectivity index (χ0) is 18.5. The van der Waals surface area contributed by atoms with Crippen molar-refractivity contribution in [1.29, 1.82) is 0 Å². The number of nitrogens with zero attached hydrogens (tertiary/aromatic N) is 1. The molecule has 0 aliphatic carbocycles. The van der Waals surface area contributed by atoms with Gasteiger partial charge in [-0.1, -0.05) is 6.58 Å². The molecule has 2 aliphatic rings. The lowest BCUT2D eigenvalue weighted by Crippen LogP contribution is -2.39. The molecule has 0 spiro atoms. The molecule has 2 fully saturated rings. The molecule has 0 unspecified atom stereocenters. The number of nitrogens with one attached hydrogen (secondary N) is 1. The topological polar surface area (TPSA) is 154 Å². The smallest absolute Gasteiger partial charge is 0.230 e. The predicted octanol–water partition coefficient (Wildman–Crippen LogP) is -2.37. The molecule has 24 heavy (non-hydrogen) atoms. The lowest BCUT2D eigenvalue weighted by atomic mass is 10.4. The van der Waals surface area contributed by atoms with E-state index >= 15 is 0 Å². The van der Waals surface area contributed by atoms with Crippen LogP contribution < -0.4 is 15.6 Å². The normalized spacial score (nSPS) is 19.2. The van der Waals surface area contributed by atoms with Gasteiger partial charge in [0.25, 0.3) is 0 Å². The van der Waals surface area contributed by atoms with Crippen LogP contribution in [0, 0.1) is 0 Å². The van der Waals surface area contributed by atoms with E-state index in [-0.39, 0.29) is 5.75 Å². The Bertz CT molecular complexity index is 505. The second-order valence-corrected chi connectivity index (χ2v) is 8.18. The van der Waals surface area contributed by atoms with E-state index in [2.05, 4.69) is 17.0 Å². The highest BCUT2D eigenvalue weighted by Crippen LogP contribution is 1.96. The van der Waals surface area contributed by atoms with Gasteiger partial charge in [-0.15, -0.1) is 0 Å². The van der Waals surface area contributed by atoms with Crippen LogP contribution in [0.2, 0.25) is 0 Å². The second-order valence-electron chi connectivity index (χ2n) is 4.94. The number of nitrogens with two attached hydrogens (primary N) is 2. The molecule has 5 N–H and O–H groups in total. The van der Waals surface area contributed by atoms with Crippen LogP contribution in [0.3, 0.4) is 0 Å². The van der Waals surface area contributed by atoms with E-state index < -0.39 is 20.0 Å². The first kappa shape index (κ1) is 23.4. The minimum absolute atomic E-state index is 0.0347. The van der Waals surface area contributed by atoms with Crippen LogP contribution in [-0.2, 0) is 29.5 Å². The van der Waals surface area contributed by atoms with Crippen LogP contribution >= 0.6 is 0 Å². The SMILES string of the molecule is C1COCCN1.C=CS(N)(=O)=O.NS(=O)(=O)CCN1CCOCC1. The molecule has 2 saturated heterocycles. The fourth-order valence-corrected chi connectivity index (χ4v) is 2.11. The molecule has 2 rings (SSSR count). The Balaban J connectivity index is 0.000000371. The Hall–Kier alpha value is -0.600. The largest absolute Gasteiger partial charge is 0.379 e. The molecular formula is C12H28N4O6S2. The lowest BCUT2D eigenvalue weighted by molar-refractivity contribution is 0.0408. The minimum atomic E-state index is -3.40. The number of hydrogen-bond donors (Lipinski definition) is 3. The fourth-order valence-electron chi connectivity index (χ4n) is 1.60. The van der Waals surface area contributed by atoms with E-state index in [1.165, 1.54) is 0 Å². The van der Waals surface area contributed by atoms with Gasteiger partial charge < -0.3 is 14.8 Å². The van der Waals surface area contributed by atoms with Gasteiger partial charge in [-0.25, -0.2) is 27.1 Å². The summed E-state index contributed by atoms with van der Waals surface area (Å²) in [6.45, 7) is 10.2. The number of hydrogen-bond acceptors (Lipinski definition) is 8. The maximum Gasteiger partial charge on any atom is 0.230 e. The highest BCUT2D eigenvalue weighted by molar-refractivity contribution is 7.92. The Labute approximate surface area is 144 Å². The monoisotopic (exact) mass is 388 g/mol. The molecule has 2 aliphatic heterocycles. The quantitative estimate of drug-likeness (QED) is 0.483. The highest BCUT2D eigenvalue weighted by Gasteiger charge is 2.12. The van der Waals surface area contributed by atoms with Gasteiger partial charge in [0.2, 0.25) is 20.0 Å². The van der Waals surface area contributed by atoms with E-state index in [9.17, 15) is 16.8 Å². The third-order valence-corrected chi connectivity index (χ3v) is 4.09. The summed E-state index contributed by atoms with van der Waals surface area (Å²) in [6.07, 6.45) is 0. The molecule has 10 nitrogen and oxygen atoms in total. The summed E-state index contributed by atoms with van der Waals surface area (Å²) in [6, 6.07) is 0. The van der Waals surface area contributed by atoms with Gasteiger partial charge in [-0.05, 0) is 0 Å². The van der Waals surface area contributed by atoms with Crippen molar-refractivity contribution >= 4 is 20.0 Å². The van der Waals surface area contributed by atoms with Crippen molar-refractivity contribution in [3.05, 3.63) is 12.0 Å². The van der Waals surface area contributed by atoms with Crippen molar-refractivity contribution < 1.29 is 26.3 Å². The highest BCUT2D eigenvalue weighted by atomic mass is 32.2. The predicted molar refractivity (Wildman–Crippen MR) is 92.2 cm³/mol. The number of primary sulfonamides is 2. The van der Waals surface area contributed by atoms with Gasteiger partial charge in [0.15, 0.2) is 0 Å². The van der Waals surface area contributed by atoms with E-state index in [0.29, 0.717) is 25.2 Å². The van der Waals surface area contributed by atoms with Crippen molar-refractivity contribution in [2.75, 3.05) is 64.9 Å². The van der Waals surface area contributed by atoms with Crippen LogP contribution in [0.1, 0.15) is 0 Å². The number of sulfonamides is 2. The molecule has 0 amide bonds. The minimum Gasteiger partial charge on any atom is -0.379 e. The average Bonchev–Trinajstić information content (AvgIpc) is 2.55. The molecule has 0 aromatic heterocycles. The van der Waals surface area contributed by atoms with Crippen LogP contribution in [0.5, 0.6) is 0 Å². The first-order chi connectivity index (χ1) is 11.1. The van der Waals surface area contributed by atoms with Gasteiger partial charge in [0.05, 0.1) is 32.2 Å². The van der Waals surface area contributed by atoms with E-state index in [1.54, 1.807) is 0 Å². The first-order valence-corrected chi connectivity index (χ1v) is 10.7. The molecule has 0 aromatic carbocycles. The Morgan fingerprint density at radius 2 is 1.46 bits per heavy atom. The molecule has 0 aromatic rings. The fraction of sp³-hybridized carbons (Fsp3) is 0.833. The zero-order valence-corrected chi connectivity index (χ0v) is 15.4. The number of rotatable bonds is 4. The van der Waals surface area contributed by atoms with Gasteiger partial charge in [0.1, 0.15) is 0 Å².